The van der Waals surface area contributed by atoms with Gasteiger partial charge in [-0.3, -0.25) is 10.2 Å². The molecule has 0 saturated heterocycles. The summed E-state index contributed by atoms with van der Waals surface area (Å²) in [6.45, 7) is 0.969. The summed E-state index contributed by atoms with van der Waals surface area (Å²) in [5.74, 6) is 4.68. The van der Waals surface area contributed by atoms with Crippen molar-refractivity contribution >= 4 is 11.6 Å². The van der Waals surface area contributed by atoms with E-state index >= 15 is 0 Å². The van der Waals surface area contributed by atoms with Gasteiger partial charge in [-0.15, -0.1) is 0 Å². The molecule has 14 heavy (non-hydrogen) atoms. The lowest BCUT2D eigenvalue weighted by molar-refractivity contribution is 0.0948. The Hall–Kier alpha value is -1.62. The Bertz CT molecular complexity index is 364. The highest BCUT2D eigenvalue weighted by Crippen LogP contribution is 2.19. The number of aryl methyl sites for hydroxylation is 1. The van der Waals surface area contributed by atoms with Crippen LogP contribution in [0.4, 0.5) is 5.69 Å². The number of nitrogens with zero attached hydrogens (tertiary/aromatic N) is 1. The molecule has 1 aromatic rings. The minimum Gasteiger partial charge on any atom is -0.384 e. The van der Waals surface area contributed by atoms with Crippen LogP contribution in [0, 0.1) is 0 Å². The molecule has 0 spiro atoms. The van der Waals surface area contributed by atoms with Crippen molar-refractivity contribution in [3.8, 4) is 0 Å². The Morgan fingerprint density at radius 1 is 1.57 bits per heavy atom. The van der Waals surface area contributed by atoms with E-state index in [-0.39, 0.29) is 5.91 Å². The molecule has 0 aromatic carbocycles. The summed E-state index contributed by atoms with van der Waals surface area (Å²) >= 11 is 0. The Morgan fingerprint density at radius 2 is 2.43 bits per heavy atom. The van der Waals surface area contributed by atoms with Gasteiger partial charge in [0.2, 0.25) is 0 Å². The van der Waals surface area contributed by atoms with Crippen molar-refractivity contribution in [3.05, 3.63) is 23.5 Å². The first-order valence-corrected chi connectivity index (χ1v) is 4.56. The molecule has 1 aromatic heterocycles. The predicted molar refractivity (Wildman–Crippen MR) is 52.7 cm³/mol. The molecular formula is C9H12N4O. The third-order valence-corrected chi connectivity index (χ3v) is 2.24. The summed E-state index contributed by atoms with van der Waals surface area (Å²) in [5.41, 5.74) is 4.40. The van der Waals surface area contributed by atoms with Gasteiger partial charge >= 0.3 is 0 Å². The molecule has 0 radical (unpaired) electrons. The number of nitrogens with one attached hydrogen (secondary N) is 2. The molecule has 2 heterocycles. The van der Waals surface area contributed by atoms with Crippen LogP contribution in [0.5, 0.6) is 0 Å². The second-order valence-corrected chi connectivity index (χ2v) is 3.19. The highest BCUT2D eigenvalue weighted by molar-refractivity contribution is 5.92. The lowest BCUT2D eigenvalue weighted by Crippen LogP contribution is -2.31. The average molecular weight is 192 g/mol. The Balaban J connectivity index is 2.33. The predicted octanol–water partition coefficient (Wildman–Crippen LogP) is 0.0432. The van der Waals surface area contributed by atoms with Crippen LogP contribution in [-0.2, 0) is 6.42 Å². The maximum absolute atomic E-state index is 11.2. The van der Waals surface area contributed by atoms with Crippen LogP contribution in [0.1, 0.15) is 22.6 Å². The van der Waals surface area contributed by atoms with Gasteiger partial charge in [-0.1, -0.05) is 0 Å². The summed E-state index contributed by atoms with van der Waals surface area (Å²) in [6.07, 6.45) is 1.96. The largest absolute Gasteiger partial charge is 0.384 e. The quantitative estimate of drug-likeness (QED) is 0.333. The molecular weight excluding hydrogens is 180 g/mol. The van der Waals surface area contributed by atoms with E-state index in [0.717, 1.165) is 30.8 Å². The van der Waals surface area contributed by atoms with Gasteiger partial charge in [-0.2, -0.15) is 0 Å². The van der Waals surface area contributed by atoms with E-state index in [4.69, 9.17) is 5.84 Å². The molecule has 0 fully saturated rings. The summed E-state index contributed by atoms with van der Waals surface area (Å²) < 4.78 is 0. The minimum atomic E-state index is -0.349. The van der Waals surface area contributed by atoms with Crippen LogP contribution >= 0.6 is 0 Å². The number of hydrogen-bond acceptors (Lipinski definition) is 4. The molecule has 4 N–H and O–H groups in total. The highest BCUT2D eigenvalue weighted by Gasteiger charge is 2.12. The number of nitrogens with two attached hydrogens (primary N) is 1. The Kier molecular flexibility index (Phi) is 2.32. The van der Waals surface area contributed by atoms with Crippen LogP contribution in [0.3, 0.4) is 0 Å². The van der Waals surface area contributed by atoms with Crippen LogP contribution in [0.25, 0.3) is 0 Å². The first-order chi connectivity index (χ1) is 6.81. The van der Waals surface area contributed by atoms with E-state index in [9.17, 15) is 4.79 Å². The standard InChI is InChI=1S/C9H12N4O/c10-13-9(14)8-4-3-6-7(12-8)2-1-5-11-6/h3-4,11H,1-2,5,10H2,(H,13,14). The molecule has 0 unspecified atom stereocenters. The van der Waals surface area contributed by atoms with Gasteiger partial charge in [-0.05, 0) is 25.0 Å². The Morgan fingerprint density at radius 3 is 3.21 bits per heavy atom. The number of carbonyl (C=O) groups is 1. The summed E-state index contributed by atoms with van der Waals surface area (Å²) in [7, 11) is 0. The van der Waals surface area contributed by atoms with E-state index in [1.54, 1.807) is 6.07 Å². The lowest BCUT2D eigenvalue weighted by Gasteiger charge is -2.17. The fourth-order valence-electron chi connectivity index (χ4n) is 1.53. The van der Waals surface area contributed by atoms with Crippen molar-refractivity contribution in [1.82, 2.24) is 10.4 Å². The molecule has 0 bridgehead atoms. The maximum Gasteiger partial charge on any atom is 0.283 e. The molecule has 0 saturated carbocycles. The topological polar surface area (TPSA) is 80.0 Å². The van der Waals surface area contributed by atoms with Crippen LogP contribution in [-0.4, -0.2) is 17.4 Å². The highest BCUT2D eigenvalue weighted by atomic mass is 16.2. The number of rotatable bonds is 1. The monoisotopic (exact) mass is 192 g/mol. The van der Waals surface area contributed by atoms with E-state index in [1.807, 2.05) is 6.07 Å². The molecule has 1 aliphatic heterocycles. The number of aromatic nitrogens is 1. The molecule has 1 amide bonds. The average Bonchev–Trinajstić information content (AvgIpc) is 2.27. The normalized spacial score (nSPS) is 14.1. The summed E-state index contributed by atoms with van der Waals surface area (Å²) in [5, 5.41) is 3.22. The van der Waals surface area contributed by atoms with E-state index in [2.05, 4.69) is 15.7 Å². The fourth-order valence-corrected chi connectivity index (χ4v) is 1.53. The number of pyridine rings is 1. The zero-order chi connectivity index (χ0) is 9.97. The van der Waals surface area contributed by atoms with Crippen molar-refractivity contribution in [3.63, 3.8) is 0 Å². The molecule has 2 rings (SSSR count). The van der Waals surface area contributed by atoms with Crippen LogP contribution in [0.2, 0.25) is 0 Å². The van der Waals surface area contributed by atoms with Crippen molar-refractivity contribution in [2.24, 2.45) is 5.84 Å². The van der Waals surface area contributed by atoms with Gasteiger partial charge in [-0.25, -0.2) is 10.8 Å². The van der Waals surface area contributed by atoms with Crippen molar-refractivity contribution in [2.45, 2.75) is 12.8 Å². The molecule has 1 aliphatic rings. The van der Waals surface area contributed by atoms with E-state index in [0.29, 0.717) is 5.69 Å². The zero-order valence-corrected chi connectivity index (χ0v) is 7.71. The van der Waals surface area contributed by atoms with Gasteiger partial charge < -0.3 is 5.32 Å². The number of amides is 1. The van der Waals surface area contributed by atoms with E-state index < -0.39 is 0 Å². The van der Waals surface area contributed by atoms with Crippen molar-refractivity contribution < 1.29 is 4.79 Å². The maximum atomic E-state index is 11.2. The smallest absolute Gasteiger partial charge is 0.283 e. The first kappa shape index (κ1) is 8.96. The number of anilines is 1. The molecule has 5 nitrogen and oxygen atoms in total. The van der Waals surface area contributed by atoms with Crippen LogP contribution in [0.15, 0.2) is 12.1 Å². The van der Waals surface area contributed by atoms with Gasteiger partial charge in [0.05, 0.1) is 11.4 Å². The van der Waals surface area contributed by atoms with Gasteiger partial charge in [0.1, 0.15) is 5.69 Å². The number of hydrogen-bond donors (Lipinski definition) is 3. The lowest BCUT2D eigenvalue weighted by atomic mass is 10.1. The third-order valence-electron chi connectivity index (χ3n) is 2.24. The summed E-state index contributed by atoms with van der Waals surface area (Å²) in [4.78, 5) is 15.4. The Labute approximate surface area is 81.7 Å². The first-order valence-electron chi connectivity index (χ1n) is 4.56. The zero-order valence-electron chi connectivity index (χ0n) is 7.71. The van der Waals surface area contributed by atoms with Gasteiger partial charge in [0.15, 0.2) is 0 Å². The second-order valence-electron chi connectivity index (χ2n) is 3.19. The summed E-state index contributed by atoms with van der Waals surface area (Å²) in [6, 6.07) is 3.53. The minimum absolute atomic E-state index is 0.349. The van der Waals surface area contributed by atoms with Gasteiger partial charge in [0, 0.05) is 6.54 Å². The fraction of sp³-hybridized carbons (Fsp3) is 0.333. The SMILES string of the molecule is NNC(=O)c1ccc2c(n1)CCCN2. The van der Waals surface area contributed by atoms with Crippen LogP contribution < -0.4 is 16.6 Å². The number of hydrazine groups is 1. The molecule has 0 aliphatic carbocycles. The molecule has 74 valence electrons. The van der Waals surface area contributed by atoms with Crippen molar-refractivity contribution in [2.75, 3.05) is 11.9 Å². The number of fused-ring (bicyclic) bond motifs is 1. The number of nitrogen functional groups attached to an aromatic ring is 1. The second kappa shape index (κ2) is 3.63. The molecule has 0 atom stereocenters. The number of carbonyl (C=O) groups excluding carboxylic acids is 1. The van der Waals surface area contributed by atoms with Crippen molar-refractivity contribution in [1.29, 1.82) is 0 Å². The molecule has 5 heteroatoms. The van der Waals surface area contributed by atoms with E-state index in [1.165, 1.54) is 0 Å². The van der Waals surface area contributed by atoms with Gasteiger partial charge in [0.25, 0.3) is 5.91 Å². The third kappa shape index (κ3) is 1.54.